The standard InChI is InChI=1S/C14H16ClN3O5/c15-11-2-1-10(7-12(11)18(22)23)16-13(19)8-17-5-3-9(4-6-17)14(20)21/h1-2,7,9H,3-6,8H2,(H,16,19)(H,20,21). The number of carbonyl (C=O) groups is 2. The lowest BCUT2D eigenvalue weighted by atomic mass is 9.97. The van der Waals surface area contributed by atoms with Crippen molar-refractivity contribution in [3.63, 3.8) is 0 Å². The van der Waals surface area contributed by atoms with Gasteiger partial charge in [-0.05, 0) is 38.1 Å². The van der Waals surface area contributed by atoms with E-state index >= 15 is 0 Å². The fourth-order valence-electron chi connectivity index (χ4n) is 2.47. The SMILES string of the molecule is O=C(CN1CCC(C(=O)O)CC1)Nc1ccc(Cl)c([N+](=O)[O-])c1. The number of nitrogens with zero attached hydrogens (tertiary/aromatic N) is 2. The van der Waals surface area contributed by atoms with Crippen LogP contribution in [0.5, 0.6) is 0 Å². The molecule has 0 atom stereocenters. The van der Waals surface area contributed by atoms with Crippen LogP contribution in [0, 0.1) is 16.0 Å². The van der Waals surface area contributed by atoms with Gasteiger partial charge >= 0.3 is 5.97 Å². The highest BCUT2D eigenvalue weighted by atomic mass is 35.5. The van der Waals surface area contributed by atoms with E-state index in [1.54, 1.807) is 0 Å². The van der Waals surface area contributed by atoms with Crippen LogP contribution in [0.4, 0.5) is 11.4 Å². The number of aliphatic carboxylic acids is 1. The van der Waals surface area contributed by atoms with Gasteiger partial charge in [0.1, 0.15) is 5.02 Å². The molecule has 0 radical (unpaired) electrons. The highest BCUT2D eigenvalue weighted by Gasteiger charge is 2.25. The van der Waals surface area contributed by atoms with Crippen LogP contribution in [-0.4, -0.2) is 46.4 Å². The number of nitro benzene ring substituents is 1. The van der Waals surface area contributed by atoms with E-state index in [1.807, 2.05) is 4.90 Å². The van der Waals surface area contributed by atoms with E-state index in [0.29, 0.717) is 31.6 Å². The molecule has 1 aromatic rings. The van der Waals surface area contributed by atoms with E-state index in [4.69, 9.17) is 16.7 Å². The van der Waals surface area contributed by atoms with Crippen molar-refractivity contribution >= 4 is 34.9 Å². The van der Waals surface area contributed by atoms with Crippen molar-refractivity contribution in [2.24, 2.45) is 5.92 Å². The number of nitrogens with one attached hydrogen (secondary N) is 1. The zero-order valence-electron chi connectivity index (χ0n) is 12.2. The number of piperidine rings is 1. The topological polar surface area (TPSA) is 113 Å². The number of rotatable bonds is 5. The zero-order chi connectivity index (χ0) is 17.0. The summed E-state index contributed by atoms with van der Waals surface area (Å²) in [4.78, 5) is 34.9. The van der Waals surface area contributed by atoms with Crippen LogP contribution in [0.1, 0.15) is 12.8 Å². The number of likely N-dealkylation sites (tertiary alicyclic amines) is 1. The molecule has 0 spiro atoms. The molecule has 2 rings (SSSR count). The molecule has 9 heteroatoms. The Morgan fingerprint density at radius 3 is 2.61 bits per heavy atom. The maximum Gasteiger partial charge on any atom is 0.306 e. The van der Waals surface area contributed by atoms with Gasteiger partial charge in [0, 0.05) is 11.8 Å². The monoisotopic (exact) mass is 341 g/mol. The normalized spacial score (nSPS) is 16.0. The van der Waals surface area contributed by atoms with Gasteiger partial charge in [-0.1, -0.05) is 11.6 Å². The lowest BCUT2D eigenvalue weighted by molar-refractivity contribution is -0.384. The maximum absolute atomic E-state index is 12.0. The minimum absolute atomic E-state index is 0.00346. The van der Waals surface area contributed by atoms with E-state index in [9.17, 15) is 19.7 Å². The lowest BCUT2D eigenvalue weighted by Crippen LogP contribution is -2.40. The summed E-state index contributed by atoms with van der Waals surface area (Å²) in [5.74, 6) is -1.47. The summed E-state index contributed by atoms with van der Waals surface area (Å²) < 4.78 is 0. The first-order valence-electron chi connectivity index (χ1n) is 7.06. The second kappa shape index (κ2) is 7.38. The molecule has 8 nitrogen and oxygen atoms in total. The van der Waals surface area contributed by atoms with Crippen LogP contribution in [0.3, 0.4) is 0 Å². The molecule has 1 aromatic carbocycles. The van der Waals surface area contributed by atoms with Gasteiger partial charge in [-0.15, -0.1) is 0 Å². The Morgan fingerprint density at radius 2 is 2.04 bits per heavy atom. The van der Waals surface area contributed by atoms with Gasteiger partial charge < -0.3 is 10.4 Å². The molecule has 1 amide bonds. The number of amides is 1. The second-order valence-corrected chi connectivity index (χ2v) is 5.77. The molecule has 0 unspecified atom stereocenters. The van der Waals surface area contributed by atoms with Crippen LogP contribution >= 0.6 is 11.6 Å². The molecule has 1 aliphatic heterocycles. The van der Waals surface area contributed by atoms with Crippen LogP contribution < -0.4 is 5.32 Å². The summed E-state index contributed by atoms with van der Waals surface area (Å²) in [5.41, 5.74) is 0.0262. The van der Waals surface area contributed by atoms with Crippen molar-refractivity contribution < 1.29 is 19.6 Å². The number of anilines is 1. The minimum atomic E-state index is -0.803. The molecule has 1 fully saturated rings. The number of hydrogen-bond donors (Lipinski definition) is 2. The van der Waals surface area contributed by atoms with Crippen molar-refractivity contribution in [3.8, 4) is 0 Å². The Kier molecular flexibility index (Phi) is 5.51. The third kappa shape index (κ3) is 4.64. The van der Waals surface area contributed by atoms with Crippen LogP contribution in [-0.2, 0) is 9.59 Å². The fraction of sp³-hybridized carbons (Fsp3) is 0.429. The molecule has 2 N–H and O–H groups in total. The van der Waals surface area contributed by atoms with Gasteiger partial charge in [-0.2, -0.15) is 0 Å². The zero-order valence-corrected chi connectivity index (χ0v) is 13.0. The van der Waals surface area contributed by atoms with Crippen molar-refractivity contribution in [2.75, 3.05) is 25.0 Å². The summed E-state index contributed by atoms with van der Waals surface area (Å²) in [5, 5.41) is 22.3. The van der Waals surface area contributed by atoms with Crippen molar-refractivity contribution in [2.45, 2.75) is 12.8 Å². The first-order valence-corrected chi connectivity index (χ1v) is 7.43. The number of halogens is 1. The average molecular weight is 342 g/mol. The lowest BCUT2D eigenvalue weighted by Gasteiger charge is -2.29. The molecule has 23 heavy (non-hydrogen) atoms. The smallest absolute Gasteiger partial charge is 0.306 e. The van der Waals surface area contributed by atoms with Crippen molar-refractivity contribution in [1.29, 1.82) is 0 Å². The highest BCUT2D eigenvalue weighted by molar-refractivity contribution is 6.32. The molecule has 0 aliphatic carbocycles. The Bertz CT molecular complexity index is 629. The van der Waals surface area contributed by atoms with Crippen molar-refractivity contribution in [1.82, 2.24) is 4.90 Å². The summed E-state index contributed by atoms with van der Waals surface area (Å²) in [6.45, 7) is 1.18. The van der Waals surface area contributed by atoms with Gasteiger partial charge in [-0.3, -0.25) is 24.6 Å². The molecular formula is C14H16ClN3O5. The molecular weight excluding hydrogens is 326 g/mol. The van der Waals surface area contributed by atoms with Gasteiger partial charge in [0.15, 0.2) is 0 Å². The van der Waals surface area contributed by atoms with Gasteiger partial charge in [-0.25, -0.2) is 0 Å². The molecule has 0 bridgehead atoms. The van der Waals surface area contributed by atoms with E-state index in [0.717, 1.165) is 0 Å². The van der Waals surface area contributed by atoms with Gasteiger partial charge in [0.2, 0.25) is 5.91 Å². The number of carboxylic acid groups (broad SMARTS) is 1. The van der Waals surface area contributed by atoms with E-state index in [2.05, 4.69) is 5.32 Å². The Labute approximate surface area is 137 Å². The van der Waals surface area contributed by atoms with E-state index < -0.39 is 10.9 Å². The minimum Gasteiger partial charge on any atom is -0.481 e. The maximum atomic E-state index is 12.0. The fourth-order valence-corrected chi connectivity index (χ4v) is 2.66. The number of hydrogen-bond acceptors (Lipinski definition) is 5. The first kappa shape index (κ1) is 17.2. The summed E-state index contributed by atoms with van der Waals surface area (Å²) in [6, 6.07) is 4.05. The molecule has 0 saturated carbocycles. The number of carboxylic acids is 1. The third-order valence-corrected chi connectivity index (χ3v) is 4.05. The number of carbonyl (C=O) groups excluding carboxylic acids is 1. The molecule has 124 valence electrons. The van der Waals surface area contributed by atoms with Crippen LogP contribution in [0.15, 0.2) is 18.2 Å². The molecule has 0 aromatic heterocycles. The Balaban J connectivity index is 1.89. The highest BCUT2D eigenvalue weighted by Crippen LogP contribution is 2.27. The second-order valence-electron chi connectivity index (χ2n) is 5.36. The molecule has 1 aliphatic rings. The quantitative estimate of drug-likeness (QED) is 0.625. The third-order valence-electron chi connectivity index (χ3n) is 3.73. The largest absolute Gasteiger partial charge is 0.481 e. The van der Waals surface area contributed by atoms with Gasteiger partial charge in [0.25, 0.3) is 5.69 Å². The van der Waals surface area contributed by atoms with Gasteiger partial charge in [0.05, 0.1) is 17.4 Å². The summed E-state index contributed by atoms with van der Waals surface area (Å²) in [6.07, 6.45) is 1.02. The predicted molar refractivity (Wildman–Crippen MR) is 83.5 cm³/mol. The Morgan fingerprint density at radius 1 is 1.39 bits per heavy atom. The van der Waals surface area contributed by atoms with E-state index in [-0.39, 0.29) is 29.1 Å². The number of nitro groups is 1. The summed E-state index contributed by atoms with van der Waals surface area (Å²) in [7, 11) is 0. The summed E-state index contributed by atoms with van der Waals surface area (Å²) >= 11 is 5.71. The average Bonchev–Trinajstić information content (AvgIpc) is 2.49. The Hall–Kier alpha value is -2.19. The first-order chi connectivity index (χ1) is 10.9. The van der Waals surface area contributed by atoms with Crippen molar-refractivity contribution in [3.05, 3.63) is 33.3 Å². The molecule has 1 heterocycles. The van der Waals surface area contributed by atoms with Crippen LogP contribution in [0.25, 0.3) is 0 Å². The number of benzene rings is 1. The van der Waals surface area contributed by atoms with E-state index in [1.165, 1.54) is 18.2 Å². The van der Waals surface area contributed by atoms with Crippen LogP contribution in [0.2, 0.25) is 5.02 Å². The molecule has 1 saturated heterocycles. The predicted octanol–water partition coefficient (Wildman–Crippen LogP) is 1.98.